The van der Waals surface area contributed by atoms with E-state index in [1.165, 1.54) is 14.3 Å². The fourth-order valence-corrected chi connectivity index (χ4v) is 4.72. The maximum absolute atomic E-state index is 12.5. The van der Waals surface area contributed by atoms with Crippen LogP contribution in [0.2, 0.25) is 0 Å². The molecule has 1 amide bonds. The Morgan fingerprint density at radius 1 is 1.25 bits per heavy atom. The van der Waals surface area contributed by atoms with Gasteiger partial charge in [-0.2, -0.15) is 5.26 Å². The number of hydrogen-bond donors (Lipinski definition) is 2. The van der Waals surface area contributed by atoms with Crippen molar-refractivity contribution < 1.29 is 4.79 Å². The van der Waals surface area contributed by atoms with E-state index in [9.17, 15) is 4.79 Å². The molecule has 0 radical (unpaired) electrons. The average molecular weight is 386 g/mol. The Morgan fingerprint density at radius 2 is 1.96 bits per heavy atom. The van der Waals surface area contributed by atoms with Gasteiger partial charge in [0.1, 0.15) is 6.54 Å². The molecule has 3 aromatic rings. The van der Waals surface area contributed by atoms with Crippen LogP contribution in [-0.2, 0) is 10.3 Å². The molecule has 2 N–H and O–H groups in total. The van der Waals surface area contributed by atoms with Gasteiger partial charge < -0.3 is 5.32 Å². The van der Waals surface area contributed by atoms with Crippen LogP contribution in [0.1, 0.15) is 31.4 Å². The summed E-state index contributed by atoms with van der Waals surface area (Å²) < 4.78 is 2.37. The summed E-state index contributed by atoms with van der Waals surface area (Å²) in [4.78, 5) is 13.7. The third kappa shape index (κ3) is 2.89. The maximum Gasteiger partial charge on any atom is 0.232 e. The summed E-state index contributed by atoms with van der Waals surface area (Å²) in [5.74, 6) is 5.79. The summed E-state index contributed by atoms with van der Waals surface area (Å²) in [5.41, 5.74) is 1.23. The van der Waals surface area contributed by atoms with Gasteiger partial charge in [-0.15, -0.1) is 17.3 Å². The van der Waals surface area contributed by atoms with Crippen LogP contribution >= 0.6 is 11.3 Å². The third-order valence-corrected chi connectivity index (χ3v) is 6.23. The summed E-state index contributed by atoms with van der Waals surface area (Å²) in [6, 6.07) is 14.4. The van der Waals surface area contributed by atoms with Crippen LogP contribution in [0.5, 0.6) is 0 Å². The summed E-state index contributed by atoms with van der Waals surface area (Å²) in [5, 5.41) is 22.4. The number of nitriles is 1. The number of carbonyl (C=O) groups is 1. The molecule has 0 unspecified atom stereocenters. The van der Waals surface area contributed by atoms with E-state index in [2.05, 4.69) is 41.4 Å². The fourth-order valence-electron chi connectivity index (χ4n) is 3.65. The van der Waals surface area contributed by atoms with Crippen molar-refractivity contribution in [1.29, 1.82) is 10.7 Å². The molecule has 5 nitrogen and oxygen atoms in total. The van der Waals surface area contributed by atoms with Crippen LogP contribution in [0.25, 0.3) is 20.2 Å². The molecule has 1 aromatic heterocycles. The van der Waals surface area contributed by atoms with Gasteiger partial charge in [-0.05, 0) is 49.7 Å². The first kappa shape index (κ1) is 18.0. The molecule has 4 rings (SSSR count). The second-order valence-electron chi connectivity index (χ2n) is 7.02. The van der Waals surface area contributed by atoms with Crippen LogP contribution in [-0.4, -0.2) is 23.3 Å². The minimum atomic E-state index is -0.691. The monoisotopic (exact) mass is 386 g/mol. The van der Waals surface area contributed by atoms with E-state index in [4.69, 9.17) is 10.7 Å². The van der Waals surface area contributed by atoms with Gasteiger partial charge >= 0.3 is 0 Å². The molecular formula is C22H18N4OS. The highest BCUT2D eigenvalue weighted by atomic mass is 32.1. The Morgan fingerprint density at radius 3 is 2.64 bits per heavy atom. The molecule has 0 spiro atoms. The lowest BCUT2D eigenvalue weighted by molar-refractivity contribution is -0.130. The SMILES string of the molecule is CC#Cc1ccc2sc3ccc([C@]4(C)CC(=O)N(CC#N)C(=N)N4)cc3c2c1. The van der Waals surface area contributed by atoms with Gasteiger partial charge in [0.25, 0.3) is 0 Å². The summed E-state index contributed by atoms with van der Waals surface area (Å²) in [7, 11) is 0. The molecule has 28 heavy (non-hydrogen) atoms. The number of nitrogens with one attached hydrogen (secondary N) is 2. The third-order valence-electron chi connectivity index (χ3n) is 5.07. The highest BCUT2D eigenvalue weighted by Gasteiger charge is 2.39. The molecule has 0 saturated carbocycles. The molecule has 138 valence electrons. The largest absolute Gasteiger partial charge is 0.346 e. The van der Waals surface area contributed by atoms with Gasteiger partial charge in [0.15, 0.2) is 5.96 Å². The molecule has 1 atom stereocenters. The zero-order chi connectivity index (χ0) is 19.9. The molecule has 1 aliphatic rings. The lowest BCUT2D eigenvalue weighted by Crippen LogP contribution is -2.59. The first-order valence-corrected chi connectivity index (χ1v) is 9.70. The van der Waals surface area contributed by atoms with Gasteiger partial charge in [-0.3, -0.25) is 15.1 Å². The lowest BCUT2D eigenvalue weighted by Gasteiger charge is -2.40. The van der Waals surface area contributed by atoms with Gasteiger partial charge in [-0.1, -0.05) is 12.0 Å². The van der Waals surface area contributed by atoms with E-state index in [1.807, 2.05) is 32.0 Å². The first-order chi connectivity index (χ1) is 13.4. The van der Waals surface area contributed by atoms with Crippen LogP contribution in [0.4, 0.5) is 0 Å². The predicted molar refractivity (Wildman–Crippen MR) is 112 cm³/mol. The van der Waals surface area contributed by atoms with Crippen LogP contribution < -0.4 is 5.32 Å². The standard InChI is InChI=1S/C22H18N4OS/c1-3-4-14-5-7-18-16(11-14)17-12-15(6-8-19(17)28-18)22(2)13-20(27)26(10-9-23)21(24)25-22/h5-8,11-12H,10,13H2,1-2H3,(H2,24,25)/t22-/m0/s1. The molecule has 1 fully saturated rings. The minimum Gasteiger partial charge on any atom is -0.346 e. The number of rotatable bonds is 2. The zero-order valence-corrected chi connectivity index (χ0v) is 16.4. The second kappa shape index (κ2) is 6.67. The maximum atomic E-state index is 12.5. The molecule has 2 aromatic carbocycles. The van der Waals surface area contributed by atoms with Gasteiger partial charge in [-0.25, -0.2) is 0 Å². The van der Waals surface area contributed by atoms with Crippen LogP contribution in [0.15, 0.2) is 36.4 Å². The number of hydrogen-bond acceptors (Lipinski definition) is 4. The van der Waals surface area contributed by atoms with Crippen molar-refractivity contribution in [2.75, 3.05) is 6.54 Å². The lowest BCUT2D eigenvalue weighted by atomic mass is 9.86. The Balaban J connectivity index is 1.80. The molecule has 0 bridgehead atoms. The molecule has 1 aliphatic heterocycles. The van der Waals surface area contributed by atoms with Crippen LogP contribution in [0.3, 0.4) is 0 Å². The topological polar surface area (TPSA) is 80.0 Å². The Hall–Kier alpha value is -3.35. The van der Waals surface area contributed by atoms with Crippen LogP contribution in [0, 0.1) is 28.6 Å². The van der Waals surface area contributed by atoms with E-state index in [-0.39, 0.29) is 24.8 Å². The number of amides is 1. The normalized spacial score (nSPS) is 19.2. The van der Waals surface area contributed by atoms with Crippen molar-refractivity contribution in [2.24, 2.45) is 0 Å². The number of nitrogens with zero attached hydrogens (tertiary/aromatic N) is 2. The minimum absolute atomic E-state index is 0.0314. The first-order valence-electron chi connectivity index (χ1n) is 8.89. The number of guanidine groups is 1. The van der Waals surface area contributed by atoms with Crippen molar-refractivity contribution in [3.8, 4) is 17.9 Å². The Bertz CT molecular complexity index is 1220. The summed E-state index contributed by atoms with van der Waals surface area (Å²) in [6.07, 6.45) is 0.192. The highest BCUT2D eigenvalue weighted by molar-refractivity contribution is 7.25. The highest BCUT2D eigenvalue weighted by Crippen LogP contribution is 2.38. The van der Waals surface area contributed by atoms with Crippen molar-refractivity contribution in [3.63, 3.8) is 0 Å². The molecule has 0 aliphatic carbocycles. The number of benzene rings is 2. The fraction of sp³-hybridized carbons (Fsp3) is 0.227. The van der Waals surface area contributed by atoms with E-state index < -0.39 is 5.54 Å². The van der Waals surface area contributed by atoms with E-state index in [0.717, 1.165) is 21.9 Å². The molecular weight excluding hydrogens is 368 g/mol. The molecule has 1 saturated heterocycles. The number of thiophene rings is 1. The van der Waals surface area contributed by atoms with Gasteiger partial charge in [0.2, 0.25) is 5.91 Å². The average Bonchev–Trinajstić information content (AvgIpc) is 3.02. The quantitative estimate of drug-likeness (QED) is 0.517. The second-order valence-corrected chi connectivity index (χ2v) is 8.10. The summed E-state index contributed by atoms with van der Waals surface area (Å²) >= 11 is 1.73. The Labute approximate surface area is 167 Å². The van der Waals surface area contributed by atoms with Crippen molar-refractivity contribution in [1.82, 2.24) is 10.2 Å². The van der Waals surface area contributed by atoms with E-state index >= 15 is 0 Å². The van der Waals surface area contributed by atoms with Crippen molar-refractivity contribution in [3.05, 3.63) is 47.5 Å². The van der Waals surface area contributed by atoms with Gasteiger partial charge in [0.05, 0.1) is 18.0 Å². The zero-order valence-electron chi connectivity index (χ0n) is 15.6. The van der Waals surface area contributed by atoms with Crippen molar-refractivity contribution in [2.45, 2.75) is 25.8 Å². The predicted octanol–water partition coefficient (Wildman–Crippen LogP) is 3.92. The van der Waals surface area contributed by atoms with Crippen molar-refractivity contribution >= 4 is 43.4 Å². The van der Waals surface area contributed by atoms with Gasteiger partial charge in [0, 0.05) is 25.7 Å². The number of carbonyl (C=O) groups excluding carboxylic acids is 1. The number of fused-ring (bicyclic) bond motifs is 3. The Kier molecular flexibility index (Phi) is 4.30. The smallest absolute Gasteiger partial charge is 0.232 e. The summed E-state index contributed by atoms with van der Waals surface area (Å²) in [6.45, 7) is 3.63. The molecule has 6 heteroatoms. The van der Waals surface area contributed by atoms with E-state index in [1.54, 1.807) is 11.3 Å². The van der Waals surface area contributed by atoms with E-state index in [0.29, 0.717) is 0 Å². The molecule has 2 heterocycles.